The average molecular weight is 482 g/mol. The minimum absolute atomic E-state index is 0.0211. The average Bonchev–Trinajstić information content (AvgIpc) is 2.92. The molecule has 0 N–H and O–H groups in total. The van der Waals surface area contributed by atoms with E-state index in [-0.39, 0.29) is 11.9 Å². The predicted octanol–water partition coefficient (Wildman–Crippen LogP) is 7.64. The summed E-state index contributed by atoms with van der Waals surface area (Å²) in [6.45, 7) is 1.06. The molecule has 0 fully saturated rings. The maximum absolute atomic E-state index is 13.8. The van der Waals surface area contributed by atoms with E-state index >= 15 is 0 Å². The molecule has 1 amide bonds. The van der Waals surface area contributed by atoms with Crippen molar-refractivity contribution < 1.29 is 9.53 Å². The van der Waals surface area contributed by atoms with E-state index in [1.165, 1.54) is 11.1 Å². The van der Waals surface area contributed by atoms with Crippen molar-refractivity contribution in [3.8, 4) is 5.75 Å². The zero-order valence-electron chi connectivity index (χ0n) is 19.6. The van der Waals surface area contributed by atoms with E-state index in [0.717, 1.165) is 36.1 Å². The second-order valence-electron chi connectivity index (χ2n) is 8.97. The van der Waals surface area contributed by atoms with Crippen molar-refractivity contribution in [2.45, 2.75) is 38.5 Å². The van der Waals surface area contributed by atoms with Crippen molar-refractivity contribution in [3.63, 3.8) is 0 Å². The number of aryl methyl sites for hydroxylation is 1. The van der Waals surface area contributed by atoms with Gasteiger partial charge in [-0.15, -0.1) is 0 Å². The summed E-state index contributed by atoms with van der Waals surface area (Å²) in [4.78, 5) is 15.8. The van der Waals surface area contributed by atoms with Gasteiger partial charge in [0, 0.05) is 17.1 Å². The van der Waals surface area contributed by atoms with Crippen LogP contribution in [0.4, 0.5) is 0 Å². The molecule has 4 aromatic carbocycles. The van der Waals surface area contributed by atoms with Gasteiger partial charge in [0.25, 0.3) is 5.91 Å². The van der Waals surface area contributed by atoms with Crippen LogP contribution in [-0.4, -0.2) is 10.8 Å². The molecule has 176 valence electrons. The Morgan fingerprint density at radius 3 is 2.31 bits per heavy atom. The Hall–Kier alpha value is -3.56. The minimum Gasteiger partial charge on any atom is -0.489 e. The van der Waals surface area contributed by atoms with E-state index in [9.17, 15) is 4.79 Å². The molecule has 0 radical (unpaired) electrons. The van der Waals surface area contributed by atoms with Crippen LogP contribution in [0.15, 0.2) is 103 Å². The Morgan fingerprint density at radius 2 is 1.54 bits per heavy atom. The number of ether oxygens (including phenoxy) is 1. The maximum Gasteiger partial charge on any atom is 0.254 e. The predicted molar refractivity (Wildman–Crippen MR) is 141 cm³/mol. The number of fused-ring (bicyclic) bond motifs is 1. The Bertz CT molecular complexity index is 1270. The first-order chi connectivity index (χ1) is 17.2. The minimum atomic E-state index is 0.0211. The number of nitrogens with zero attached hydrogens (tertiary/aromatic N) is 1. The fraction of sp³-hybridized carbons (Fsp3) is 0.194. The van der Waals surface area contributed by atoms with Crippen LogP contribution in [-0.2, 0) is 19.6 Å². The SMILES string of the molecule is O=C(c1ccc(Cl)cc1)N(Cc1ccc(OCc2ccccc2)cc1)C1CCCc2ccccc21. The van der Waals surface area contributed by atoms with Crippen LogP contribution in [0.1, 0.15) is 51.5 Å². The summed E-state index contributed by atoms with van der Waals surface area (Å²) in [6.07, 6.45) is 3.08. The molecule has 1 unspecified atom stereocenters. The lowest BCUT2D eigenvalue weighted by Crippen LogP contribution is -2.36. The number of halogens is 1. The van der Waals surface area contributed by atoms with Gasteiger partial charge in [0.1, 0.15) is 12.4 Å². The molecule has 35 heavy (non-hydrogen) atoms. The van der Waals surface area contributed by atoms with Gasteiger partial charge in [-0.25, -0.2) is 0 Å². The number of carbonyl (C=O) groups is 1. The largest absolute Gasteiger partial charge is 0.489 e. The van der Waals surface area contributed by atoms with E-state index in [1.807, 2.05) is 47.4 Å². The van der Waals surface area contributed by atoms with E-state index in [4.69, 9.17) is 16.3 Å². The lowest BCUT2D eigenvalue weighted by molar-refractivity contribution is 0.0638. The summed E-state index contributed by atoms with van der Waals surface area (Å²) in [5.74, 6) is 0.837. The molecule has 5 rings (SSSR count). The fourth-order valence-corrected chi connectivity index (χ4v) is 4.89. The van der Waals surface area contributed by atoms with E-state index < -0.39 is 0 Å². The summed E-state index contributed by atoms with van der Waals surface area (Å²) in [5.41, 5.74) is 5.45. The van der Waals surface area contributed by atoms with Crippen molar-refractivity contribution in [1.29, 1.82) is 0 Å². The zero-order valence-corrected chi connectivity index (χ0v) is 20.3. The molecule has 4 aromatic rings. The molecule has 0 heterocycles. The lowest BCUT2D eigenvalue weighted by atomic mass is 9.86. The maximum atomic E-state index is 13.8. The molecule has 0 aromatic heterocycles. The first kappa shape index (κ1) is 23.2. The molecule has 1 atom stereocenters. The molecule has 0 saturated carbocycles. The number of amides is 1. The third kappa shape index (κ3) is 5.58. The van der Waals surface area contributed by atoms with Crippen molar-refractivity contribution in [2.24, 2.45) is 0 Å². The highest BCUT2D eigenvalue weighted by Crippen LogP contribution is 2.36. The Labute approximate surface area is 211 Å². The summed E-state index contributed by atoms with van der Waals surface area (Å²) in [7, 11) is 0. The van der Waals surface area contributed by atoms with Gasteiger partial charge in [-0.1, -0.05) is 78.3 Å². The molecular weight excluding hydrogens is 454 g/mol. The number of rotatable bonds is 7. The second-order valence-corrected chi connectivity index (χ2v) is 9.40. The van der Waals surface area contributed by atoms with Crippen molar-refractivity contribution >= 4 is 17.5 Å². The van der Waals surface area contributed by atoms with Gasteiger partial charge < -0.3 is 9.64 Å². The molecule has 1 aliphatic carbocycles. The van der Waals surface area contributed by atoms with E-state index in [0.29, 0.717) is 23.7 Å². The molecule has 1 aliphatic rings. The smallest absolute Gasteiger partial charge is 0.254 e. The number of benzene rings is 4. The Kier molecular flexibility index (Phi) is 7.15. The first-order valence-electron chi connectivity index (χ1n) is 12.1. The molecule has 4 heteroatoms. The molecule has 0 bridgehead atoms. The highest BCUT2D eigenvalue weighted by atomic mass is 35.5. The fourth-order valence-electron chi connectivity index (χ4n) is 4.76. The summed E-state index contributed by atoms with van der Waals surface area (Å²) in [5, 5.41) is 0.627. The third-order valence-corrected chi connectivity index (χ3v) is 6.84. The van der Waals surface area contributed by atoms with Crippen molar-refractivity contribution in [3.05, 3.63) is 136 Å². The Balaban J connectivity index is 1.38. The van der Waals surface area contributed by atoms with Crippen LogP contribution in [0.2, 0.25) is 5.02 Å². The van der Waals surface area contributed by atoms with Gasteiger partial charge in [0.15, 0.2) is 0 Å². The van der Waals surface area contributed by atoms with Crippen LogP contribution >= 0.6 is 11.6 Å². The van der Waals surface area contributed by atoms with Crippen LogP contribution in [0.5, 0.6) is 5.75 Å². The number of hydrogen-bond acceptors (Lipinski definition) is 2. The normalized spacial score (nSPS) is 14.7. The van der Waals surface area contributed by atoms with Crippen molar-refractivity contribution in [1.82, 2.24) is 4.90 Å². The zero-order chi connectivity index (χ0) is 24.0. The summed E-state index contributed by atoms with van der Waals surface area (Å²) < 4.78 is 5.95. The quantitative estimate of drug-likeness (QED) is 0.271. The van der Waals surface area contributed by atoms with E-state index in [1.54, 1.807) is 12.1 Å². The van der Waals surface area contributed by atoms with Crippen LogP contribution in [0.25, 0.3) is 0 Å². The highest BCUT2D eigenvalue weighted by molar-refractivity contribution is 6.30. The molecule has 0 aliphatic heterocycles. The van der Waals surface area contributed by atoms with Crippen molar-refractivity contribution in [2.75, 3.05) is 0 Å². The van der Waals surface area contributed by atoms with Gasteiger partial charge in [-0.2, -0.15) is 0 Å². The van der Waals surface area contributed by atoms with Gasteiger partial charge in [-0.3, -0.25) is 4.79 Å². The monoisotopic (exact) mass is 481 g/mol. The second kappa shape index (κ2) is 10.8. The molecule has 3 nitrogen and oxygen atoms in total. The molecule has 0 saturated heterocycles. The number of carbonyl (C=O) groups excluding carboxylic acids is 1. The lowest BCUT2D eigenvalue weighted by Gasteiger charge is -2.36. The Morgan fingerprint density at radius 1 is 0.829 bits per heavy atom. The van der Waals surface area contributed by atoms with E-state index in [2.05, 4.69) is 48.5 Å². The number of hydrogen-bond donors (Lipinski definition) is 0. The highest BCUT2D eigenvalue weighted by Gasteiger charge is 2.30. The van der Waals surface area contributed by atoms with Gasteiger partial charge in [-0.05, 0) is 77.9 Å². The first-order valence-corrected chi connectivity index (χ1v) is 12.5. The van der Waals surface area contributed by atoms with Gasteiger partial charge in [0.05, 0.1) is 6.04 Å². The molecular formula is C31H28ClNO2. The summed E-state index contributed by atoms with van der Waals surface area (Å²) in [6, 6.07) is 33.9. The van der Waals surface area contributed by atoms with Gasteiger partial charge in [0.2, 0.25) is 0 Å². The van der Waals surface area contributed by atoms with Crippen LogP contribution in [0.3, 0.4) is 0 Å². The van der Waals surface area contributed by atoms with Crippen LogP contribution < -0.4 is 4.74 Å². The third-order valence-electron chi connectivity index (χ3n) is 6.59. The summed E-state index contributed by atoms with van der Waals surface area (Å²) >= 11 is 6.08. The topological polar surface area (TPSA) is 29.5 Å². The standard InChI is InChI=1S/C31H28ClNO2/c32-27-17-15-26(16-18-27)31(34)33(30-12-6-10-25-9-4-5-11-29(25)30)21-23-13-19-28(20-14-23)35-22-24-7-2-1-3-8-24/h1-5,7-9,11,13-20,30H,6,10,12,21-22H2. The molecule has 0 spiro atoms. The van der Waals surface area contributed by atoms with Gasteiger partial charge >= 0.3 is 0 Å². The van der Waals surface area contributed by atoms with Crippen LogP contribution in [0, 0.1) is 0 Å².